The number of thiazole rings is 1. The van der Waals surface area contributed by atoms with Gasteiger partial charge in [0.2, 0.25) is 5.91 Å². The SMILES string of the molecule is O=C(Cn1c(=O)ccn(Cc2ccccc2)c1=O)Nc1nccs1. The molecule has 0 aliphatic carbocycles. The summed E-state index contributed by atoms with van der Waals surface area (Å²) in [5, 5.41) is 4.70. The third kappa shape index (κ3) is 3.66. The molecule has 0 radical (unpaired) electrons. The van der Waals surface area contributed by atoms with Crippen molar-refractivity contribution in [3.63, 3.8) is 0 Å². The standard InChI is InChI=1S/C16H14N4O3S/c21-13(18-15-17-7-9-24-15)11-20-14(22)6-8-19(16(20)23)10-12-4-2-1-3-5-12/h1-9H,10-11H2,(H,17,18,21). The Morgan fingerprint density at radius 2 is 1.96 bits per heavy atom. The quantitative estimate of drug-likeness (QED) is 0.754. The smallest absolute Gasteiger partial charge is 0.300 e. The largest absolute Gasteiger partial charge is 0.331 e. The number of hydrogen-bond acceptors (Lipinski definition) is 5. The van der Waals surface area contributed by atoms with Crippen LogP contribution in [0.2, 0.25) is 0 Å². The van der Waals surface area contributed by atoms with Crippen LogP contribution in [0, 0.1) is 0 Å². The van der Waals surface area contributed by atoms with Gasteiger partial charge in [-0.3, -0.25) is 18.7 Å². The van der Waals surface area contributed by atoms with Crippen LogP contribution in [-0.4, -0.2) is 20.0 Å². The first kappa shape index (κ1) is 15.9. The highest BCUT2D eigenvalue weighted by atomic mass is 32.1. The molecule has 2 aromatic heterocycles. The molecule has 0 unspecified atom stereocenters. The fraction of sp³-hybridized carbons (Fsp3) is 0.125. The summed E-state index contributed by atoms with van der Waals surface area (Å²) in [5.41, 5.74) is -0.115. The van der Waals surface area contributed by atoms with Crippen LogP contribution in [0.15, 0.2) is 63.8 Å². The van der Waals surface area contributed by atoms with Gasteiger partial charge >= 0.3 is 5.69 Å². The van der Waals surface area contributed by atoms with Gasteiger partial charge < -0.3 is 5.32 Å². The van der Waals surface area contributed by atoms with E-state index in [4.69, 9.17) is 0 Å². The Morgan fingerprint density at radius 1 is 1.17 bits per heavy atom. The molecule has 0 aliphatic rings. The lowest BCUT2D eigenvalue weighted by Crippen LogP contribution is -2.41. The molecular weight excluding hydrogens is 328 g/mol. The normalized spacial score (nSPS) is 10.5. The summed E-state index contributed by atoms with van der Waals surface area (Å²) < 4.78 is 2.30. The number of carbonyl (C=O) groups excluding carboxylic acids is 1. The zero-order valence-electron chi connectivity index (χ0n) is 12.6. The molecule has 7 nitrogen and oxygen atoms in total. The molecule has 3 aromatic rings. The Bertz CT molecular complexity index is 945. The molecular formula is C16H14N4O3S. The Kier molecular flexibility index (Phi) is 4.66. The maximum absolute atomic E-state index is 12.5. The van der Waals surface area contributed by atoms with Crippen molar-refractivity contribution in [1.82, 2.24) is 14.1 Å². The summed E-state index contributed by atoms with van der Waals surface area (Å²) >= 11 is 1.26. The van der Waals surface area contributed by atoms with Crippen molar-refractivity contribution in [2.45, 2.75) is 13.1 Å². The van der Waals surface area contributed by atoms with Gasteiger partial charge in [-0.15, -0.1) is 11.3 Å². The van der Waals surface area contributed by atoms with Crippen LogP contribution in [0.4, 0.5) is 5.13 Å². The highest BCUT2D eigenvalue weighted by Crippen LogP contribution is 2.09. The molecule has 0 fully saturated rings. The molecule has 24 heavy (non-hydrogen) atoms. The Labute approximate surface area is 140 Å². The third-order valence-corrected chi connectivity index (χ3v) is 4.00. The number of hydrogen-bond donors (Lipinski definition) is 1. The fourth-order valence-corrected chi connectivity index (χ4v) is 2.74. The molecule has 1 amide bonds. The van der Waals surface area contributed by atoms with Crippen LogP contribution < -0.4 is 16.6 Å². The number of amides is 1. The van der Waals surface area contributed by atoms with Crippen molar-refractivity contribution in [1.29, 1.82) is 0 Å². The lowest BCUT2D eigenvalue weighted by Gasteiger charge is -2.09. The predicted octanol–water partition coefficient (Wildman–Crippen LogP) is 1.15. The highest BCUT2D eigenvalue weighted by molar-refractivity contribution is 7.13. The van der Waals surface area contributed by atoms with Gasteiger partial charge in [-0.1, -0.05) is 30.3 Å². The monoisotopic (exact) mass is 342 g/mol. The van der Waals surface area contributed by atoms with E-state index < -0.39 is 17.2 Å². The average molecular weight is 342 g/mol. The zero-order chi connectivity index (χ0) is 16.9. The molecule has 122 valence electrons. The van der Waals surface area contributed by atoms with Gasteiger partial charge in [0.1, 0.15) is 6.54 Å². The summed E-state index contributed by atoms with van der Waals surface area (Å²) in [6, 6.07) is 10.7. The van der Waals surface area contributed by atoms with E-state index in [9.17, 15) is 14.4 Å². The number of carbonyl (C=O) groups is 1. The van der Waals surface area contributed by atoms with Crippen LogP contribution in [0.5, 0.6) is 0 Å². The molecule has 8 heteroatoms. The van der Waals surface area contributed by atoms with Crippen molar-refractivity contribution in [2.24, 2.45) is 0 Å². The Morgan fingerprint density at radius 3 is 2.67 bits per heavy atom. The third-order valence-electron chi connectivity index (χ3n) is 3.32. The predicted molar refractivity (Wildman–Crippen MR) is 91.2 cm³/mol. The summed E-state index contributed by atoms with van der Waals surface area (Å²) in [6.07, 6.45) is 2.99. The number of anilines is 1. The van der Waals surface area contributed by atoms with Crippen molar-refractivity contribution < 1.29 is 4.79 Å². The summed E-state index contributed by atoms with van der Waals surface area (Å²) in [6.45, 7) is -0.0269. The lowest BCUT2D eigenvalue weighted by atomic mass is 10.2. The van der Waals surface area contributed by atoms with Crippen molar-refractivity contribution in [3.05, 3.63) is 80.6 Å². The van der Waals surface area contributed by atoms with E-state index in [2.05, 4.69) is 10.3 Å². The zero-order valence-corrected chi connectivity index (χ0v) is 13.4. The molecule has 0 spiro atoms. The maximum Gasteiger partial charge on any atom is 0.331 e. The molecule has 0 saturated carbocycles. The highest BCUT2D eigenvalue weighted by Gasteiger charge is 2.11. The molecule has 0 atom stereocenters. The number of benzene rings is 1. The van der Waals surface area contributed by atoms with E-state index >= 15 is 0 Å². The van der Waals surface area contributed by atoms with Gasteiger partial charge in [-0.25, -0.2) is 9.78 Å². The minimum absolute atomic E-state index is 0.327. The van der Waals surface area contributed by atoms with Crippen LogP contribution in [0.1, 0.15) is 5.56 Å². The number of rotatable bonds is 5. The van der Waals surface area contributed by atoms with E-state index in [1.54, 1.807) is 11.6 Å². The first-order chi connectivity index (χ1) is 11.6. The fourth-order valence-electron chi connectivity index (χ4n) is 2.19. The van der Waals surface area contributed by atoms with Gasteiger partial charge in [0.25, 0.3) is 5.56 Å². The summed E-state index contributed by atoms with van der Waals surface area (Å²) in [4.78, 5) is 40.3. The minimum atomic E-state index is -0.527. The lowest BCUT2D eigenvalue weighted by molar-refractivity contribution is -0.116. The van der Waals surface area contributed by atoms with Gasteiger partial charge in [0.15, 0.2) is 5.13 Å². The van der Waals surface area contributed by atoms with Crippen LogP contribution >= 0.6 is 11.3 Å². The topological polar surface area (TPSA) is 86.0 Å². The summed E-state index contributed by atoms with van der Waals surface area (Å²) in [7, 11) is 0. The first-order valence-corrected chi connectivity index (χ1v) is 8.05. The maximum atomic E-state index is 12.5. The molecule has 2 heterocycles. The van der Waals surface area contributed by atoms with Crippen molar-refractivity contribution in [2.75, 3.05) is 5.32 Å². The molecule has 3 rings (SSSR count). The van der Waals surface area contributed by atoms with Crippen LogP contribution in [-0.2, 0) is 17.9 Å². The Balaban J connectivity index is 1.82. The van der Waals surface area contributed by atoms with Gasteiger partial charge in [0.05, 0.1) is 6.54 Å². The van der Waals surface area contributed by atoms with E-state index in [0.29, 0.717) is 11.7 Å². The molecule has 0 aliphatic heterocycles. The second-order valence-electron chi connectivity index (χ2n) is 5.02. The van der Waals surface area contributed by atoms with Gasteiger partial charge in [0, 0.05) is 23.8 Å². The molecule has 0 saturated heterocycles. The van der Waals surface area contributed by atoms with Gasteiger partial charge in [-0.2, -0.15) is 0 Å². The van der Waals surface area contributed by atoms with Crippen LogP contribution in [0.25, 0.3) is 0 Å². The van der Waals surface area contributed by atoms with E-state index in [-0.39, 0.29) is 6.54 Å². The molecule has 1 N–H and O–H groups in total. The number of nitrogens with zero attached hydrogens (tertiary/aromatic N) is 3. The number of aromatic nitrogens is 3. The molecule has 0 bridgehead atoms. The average Bonchev–Trinajstić information content (AvgIpc) is 3.08. The second-order valence-corrected chi connectivity index (χ2v) is 5.92. The minimum Gasteiger partial charge on any atom is -0.300 e. The molecule has 1 aromatic carbocycles. The van der Waals surface area contributed by atoms with E-state index in [1.807, 2.05) is 30.3 Å². The van der Waals surface area contributed by atoms with Crippen molar-refractivity contribution >= 4 is 22.4 Å². The van der Waals surface area contributed by atoms with Crippen LogP contribution in [0.3, 0.4) is 0 Å². The van der Waals surface area contributed by atoms with Crippen molar-refractivity contribution in [3.8, 4) is 0 Å². The summed E-state index contributed by atoms with van der Waals surface area (Å²) in [5.74, 6) is -0.471. The number of nitrogens with one attached hydrogen (secondary N) is 1. The Hall–Kier alpha value is -3.00. The first-order valence-electron chi connectivity index (χ1n) is 7.17. The van der Waals surface area contributed by atoms with E-state index in [0.717, 1.165) is 10.1 Å². The second kappa shape index (κ2) is 7.05. The van der Waals surface area contributed by atoms with Gasteiger partial charge in [-0.05, 0) is 5.56 Å². The van der Waals surface area contributed by atoms with E-state index in [1.165, 1.54) is 28.2 Å².